The third-order valence-electron chi connectivity index (χ3n) is 4.91. The zero-order valence-corrected chi connectivity index (χ0v) is 12.3. The molecule has 6 nitrogen and oxygen atoms in total. The van der Waals surface area contributed by atoms with Crippen molar-refractivity contribution in [1.82, 2.24) is 9.97 Å². The van der Waals surface area contributed by atoms with Gasteiger partial charge in [-0.05, 0) is 12.1 Å². The van der Waals surface area contributed by atoms with Gasteiger partial charge in [-0.25, -0.2) is 9.97 Å². The van der Waals surface area contributed by atoms with Gasteiger partial charge in [0, 0.05) is 29.8 Å². The van der Waals surface area contributed by atoms with E-state index < -0.39 is 0 Å². The van der Waals surface area contributed by atoms with Crippen molar-refractivity contribution in [2.45, 2.75) is 6.61 Å². The van der Waals surface area contributed by atoms with E-state index in [0.717, 1.165) is 29.8 Å². The first kappa shape index (κ1) is 13.9. The normalized spacial score (nSPS) is 27.5. The number of hydrogen-bond donors (Lipinski definition) is 2. The highest BCUT2D eigenvalue weighted by molar-refractivity contribution is 5.89. The van der Waals surface area contributed by atoms with Crippen molar-refractivity contribution in [2.24, 2.45) is 11.3 Å². The smallest absolute Gasteiger partial charge is 0.156 e. The maximum absolute atomic E-state index is 9.83. The second-order valence-corrected chi connectivity index (χ2v) is 6.25. The lowest BCUT2D eigenvalue weighted by Gasteiger charge is -2.25. The zero-order valence-electron chi connectivity index (χ0n) is 12.3. The number of nitrogens with zero attached hydrogens (tertiary/aromatic N) is 3. The Labute approximate surface area is 128 Å². The second kappa shape index (κ2) is 5.15. The van der Waals surface area contributed by atoms with Gasteiger partial charge in [-0.15, -0.1) is 0 Å². The molecule has 6 heteroatoms. The van der Waals surface area contributed by atoms with Crippen molar-refractivity contribution in [1.29, 1.82) is 0 Å². The molecule has 1 aromatic carbocycles. The van der Waals surface area contributed by atoms with Gasteiger partial charge < -0.3 is 19.8 Å². The van der Waals surface area contributed by atoms with Gasteiger partial charge in [-0.3, -0.25) is 0 Å². The Morgan fingerprint density at radius 1 is 1.27 bits per heavy atom. The second-order valence-electron chi connectivity index (χ2n) is 6.25. The van der Waals surface area contributed by atoms with E-state index in [2.05, 4.69) is 14.9 Å². The molecule has 116 valence electrons. The predicted molar refractivity (Wildman–Crippen MR) is 81.5 cm³/mol. The maximum Gasteiger partial charge on any atom is 0.156 e. The van der Waals surface area contributed by atoms with E-state index in [1.165, 1.54) is 0 Å². The van der Waals surface area contributed by atoms with E-state index in [1.807, 2.05) is 24.3 Å². The minimum absolute atomic E-state index is 0.129. The van der Waals surface area contributed by atoms with Gasteiger partial charge in [0.2, 0.25) is 0 Å². The van der Waals surface area contributed by atoms with Crippen LogP contribution in [0, 0.1) is 11.3 Å². The number of anilines is 1. The van der Waals surface area contributed by atoms with Crippen LogP contribution >= 0.6 is 0 Å². The number of aromatic nitrogens is 2. The highest BCUT2D eigenvalue weighted by atomic mass is 16.5. The van der Waals surface area contributed by atoms with Crippen LogP contribution in [0.25, 0.3) is 10.9 Å². The molecule has 2 aliphatic rings. The number of para-hydroxylation sites is 1. The van der Waals surface area contributed by atoms with Crippen LogP contribution in [-0.4, -0.2) is 53.1 Å². The molecule has 0 amide bonds. The molecule has 2 aromatic rings. The predicted octanol–water partition coefficient (Wildman–Crippen LogP) is 0.567. The molecule has 2 aliphatic heterocycles. The van der Waals surface area contributed by atoms with Crippen LogP contribution in [0.15, 0.2) is 24.3 Å². The largest absolute Gasteiger partial charge is 0.396 e. The standard InChI is InChI=1S/C16H19N3O3/c20-6-14-17-13-4-2-1-3-12(13)15(18-14)19-5-11-7-22-10-16(11,8-19)9-21/h1-4,11,20-21H,5-10H2/t11-,16-/m0/s1. The molecule has 4 rings (SSSR count). The quantitative estimate of drug-likeness (QED) is 0.863. The van der Waals surface area contributed by atoms with Crippen molar-refractivity contribution in [2.75, 3.05) is 37.8 Å². The fourth-order valence-corrected chi connectivity index (χ4v) is 3.64. The number of aliphatic hydroxyl groups excluding tert-OH is 2. The third-order valence-corrected chi connectivity index (χ3v) is 4.91. The van der Waals surface area contributed by atoms with Crippen molar-refractivity contribution >= 4 is 16.7 Å². The molecule has 2 atom stereocenters. The maximum atomic E-state index is 9.83. The summed E-state index contributed by atoms with van der Waals surface area (Å²) in [5.74, 6) is 1.60. The minimum atomic E-state index is -0.189. The van der Waals surface area contributed by atoms with Gasteiger partial charge in [0.15, 0.2) is 5.82 Å². The van der Waals surface area contributed by atoms with Crippen LogP contribution < -0.4 is 4.90 Å². The molecule has 0 unspecified atom stereocenters. The molecule has 3 heterocycles. The summed E-state index contributed by atoms with van der Waals surface area (Å²) in [6.07, 6.45) is 0. The Kier molecular flexibility index (Phi) is 3.25. The highest BCUT2D eigenvalue weighted by Crippen LogP contribution is 2.43. The lowest BCUT2D eigenvalue weighted by Crippen LogP contribution is -2.34. The van der Waals surface area contributed by atoms with E-state index in [-0.39, 0.29) is 18.6 Å². The first-order chi connectivity index (χ1) is 10.8. The monoisotopic (exact) mass is 301 g/mol. The SMILES string of the molecule is OCc1nc(N2C[C@H]3COC[C@@]3(CO)C2)c2ccccc2n1. The average molecular weight is 301 g/mol. The fourth-order valence-electron chi connectivity index (χ4n) is 3.64. The molecular weight excluding hydrogens is 282 g/mol. The summed E-state index contributed by atoms with van der Waals surface area (Å²) in [7, 11) is 0. The summed E-state index contributed by atoms with van der Waals surface area (Å²) in [6.45, 7) is 2.77. The Hall–Kier alpha value is -1.76. The van der Waals surface area contributed by atoms with Crippen LogP contribution in [-0.2, 0) is 11.3 Å². The molecular formula is C16H19N3O3. The van der Waals surface area contributed by atoms with Crippen molar-refractivity contribution in [3.05, 3.63) is 30.1 Å². The van der Waals surface area contributed by atoms with Gasteiger partial charge in [-0.2, -0.15) is 0 Å². The molecule has 0 radical (unpaired) electrons. The van der Waals surface area contributed by atoms with Crippen molar-refractivity contribution < 1.29 is 14.9 Å². The summed E-state index contributed by atoms with van der Waals surface area (Å²) in [6, 6.07) is 7.83. The molecule has 2 N–H and O–H groups in total. The number of benzene rings is 1. The minimum Gasteiger partial charge on any atom is -0.396 e. The lowest BCUT2D eigenvalue weighted by molar-refractivity contribution is 0.0989. The Balaban J connectivity index is 1.78. The van der Waals surface area contributed by atoms with Crippen LogP contribution in [0.1, 0.15) is 5.82 Å². The Morgan fingerprint density at radius 3 is 2.91 bits per heavy atom. The first-order valence-corrected chi connectivity index (χ1v) is 7.56. The van der Waals surface area contributed by atoms with Crippen LogP contribution in [0.5, 0.6) is 0 Å². The molecule has 0 spiro atoms. The Morgan fingerprint density at radius 2 is 2.14 bits per heavy atom. The fraction of sp³-hybridized carbons (Fsp3) is 0.500. The number of hydrogen-bond acceptors (Lipinski definition) is 6. The molecule has 0 bridgehead atoms. The molecule has 0 aliphatic carbocycles. The van der Waals surface area contributed by atoms with Crippen molar-refractivity contribution in [3.8, 4) is 0 Å². The van der Waals surface area contributed by atoms with Gasteiger partial charge in [0.05, 0.1) is 25.3 Å². The topological polar surface area (TPSA) is 78.7 Å². The van der Waals surface area contributed by atoms with Gasteiger partial charge >= 0.3 is 0 Å². The summed E-state index contributed by atoms with van der Waals surface area (Å²) in [5, 5.41) is 20.2. The van der Waals surface area contributed by atoms with E-state index in [4.69, 9.17) is 4.74 Å². The molecule has 2 fully saturated rings. The molecule has 22 heavy (non-hydrogen) atoms. The van der Waals surface area contributed by atoms with Gasteiger partial charge in [0.1, 0.15) is 12.4 Å². The van der Waals surface area contributed by atoms with E-state index >= 15 is 0 Å². The first-order valence-electron chi connectivity index (χ1n) is 7.56. The van der Waals surface area contributed by atoms with Crippen LogP contribution in [0.4, 0.5) is 5.82 Å². The molecule has 2 saturated heterocycles. The molecule has 1 aromatic heterocycles. The number of rotatable bonds is 3. The third kappa shape index (κ3) is 1.99. The van der Waals surface area contributed by atoms with E-state index in [1.54, 1.807) is 0 Å². The zero-order chi connectivity index (χ0) is 15.2. The van der Waals surface area contributed by atoms with Crippen molar-refractivity contribution in [3.63, 3.8) is 0 Å². The Bertz CT molecular complexity index is 708. The van der Waals surface area contributed by atoms with Gasteiger partial charge in [0.25, 0.3) is 0 Å². The average Bonchev–Trinajstić information content (AvgIpc) is 3.11. The van der Waals surface area contributed by atoms with Crippen LogP contribution in [0.3, 0.4) is 0 Å². The van der Waals surface area contributed by atoms with E-state index in [9.17, 15) is 10.2 Å². The number of fused-ring (bicyclic) bond motifs is 2. The summed E-state index contributed by atoms with van der Waals surface area (Å²) in [4.78, 5) is 11.1. The summed E-state index contributed by atoms with van der Waals surface area (Å²) >= 11 is 0. The lowest BCUT2D eigenvalue weighted by atomic mass is 9.82. The number of ether oxygens (including phenoxy) is 1. The highest BCUT2D eigenvalue weighted by Gasteiger charge is 2.50. The molecule has 0 saturated carbocycles. The summed E-state index contributed by atoms with van der Waals surface area (Å²) in [5.41, 5.74) is 0.647. The van der Waals surface area contributed by atoms with E-state index in [0.29, 0.717) is 25.0 Å². The number of aliphatic hydroxyl groups is 2. The van der Waals surface area contributed by atoms with Crippen LogP contribution in [0.2, 0.25) is 0 Å². The van der Waals surface area contributed by atoms with Gasteiger partial charge in [-0.1, -0.05) is 12.1 Å². The summed E-state index contributed by atoms with van der Waals surface area (Å²) < 4.78 is 5.56.